The molecule has 2 aromatic heterocycles. The maximum Gasteiger partial charge on any atom is 0.352 e. The molecule has 2 aromatic rings. The largest absolute Gasteiger partial charge is 0.477 e. The van der Waals surface area contributed by atoms with Crippen molar-refractivity contribution in [3.05, 3.63) is 28.5 Å². The van der Waals surface area contributed by atoms with Gasteiger partial charge in [-0.3, -0.25) is 19.6 Å². The lowest BCUT2D eigenvalue weighted by atomic mass is 10.0. The Morgan fingerprint density at radius 2 is 2.33 bits per heavy atom. The molecule has 4 rings (SSSR count). The molecule has 0 aliphatic carbocycles. The van der Waals surface area contributed by atoms with Gasteiger partial charge in [0.05, 0.1) is 6.20 Å². The number of aliphatic carboxylic acids is 1. The van der Waals surface area contributed by atoms with E-state index < -0.39 is 29.2 Å². The van der Waals surface area contributed by atoms with E-state index >= 15 is 0 Å². The Morgan fingerprint density at radius 3 is 2.97 bits per heavy atom. The van der Waals surface area contributed by atoms with Crippen LogP contribution in [0.15, 0.2) is 33.0 Å². The second kappa shape index (κ2) is 9.80. The van der Waals surface area contributed by atoms with Gasteiger partial charge in [-0.2, -0.15) is 0 Å². The van der Waals surface area contributed by atoms with Crippen molar-refractivity contribution in [2.75, 3.05) is 23.8 Å². The molecule has 33 heavy (non-hydrogen) atoms. The smallest absolute Gasteiger partial charge is 0.352 e. The van der Waals surface area contributed by atoms with Crippen LogP contribution in [0, 0.1) is 0 Å². The number of anilines is 1. The first-order chi connectivity index (χ1) is 15.9. The number of fused-ring (bicyclic) bond motifs is 1. The summed E-state index contributed by atoms with van der Waals surface area (Å²) >= 11 is 3.85. The van der Waals surface area contributed by atoms with Gasteiger partial charge in [0.25, 0.3) is 11.8 Å². The fourth-order valence-electron chi connectivity index (χ4n) is 3.16. The lowest BCUT2D eigenvalue weighted by Gasteiger charge is -2.49. The Balaban J connectivity index is 1.49. The number of aromatic amines is 1. The zero-order valence-corrected chi connectivity index (χ0v) is 19.5. The molecule has 1 saturated heterocycles. The van der Waals surface area contributed by atoms with E-state index in [1.165, 1.54) is 34.6 Å². The molecule has 174 valence electrons. The predicted molar refractivity (Wildman–Crippen MR) is 121 cm³/mol. The zero-order valence-electron chi connectivity index (χ0n) is 17.0. The number of rotatable bonds is 9. The van der Waals surface area contributed by atoms with Crippen molar-refractivity contribution >= 4 is 63.5 Å². The van der Waals surface area contributed by atoms with E-state index in [1.54, 1.807) is 12.3 Å². The van der Waals surface area contributed by atoms with Gasteiger partial charge in [0.15, 0.2) is 10.8 Å². The van der Waals surface area contributed by atoms with Crippen LogP contribution in [-0.2, 0) is 19.2 Å². The number of carboxylic acid groups (broad SMARTS) is 1. The van der Waals surface area contributed by atoms with Crippen LogP contribution in [0.5, 0.6) is 0 Å². The molecule has 0 saturated carbocycles. The van der Waals surface area contributed by atoms with Crippen molar-refractivity contribution in [3.63, 3.8) is 0 Å². The maximum absolute atomic E-state index is 12.9. The molecule has 16 heteroatoms. The van der Waals surface area contributed by atoms with Gasteiger partial charge in [-0.25, -0.2) is 9.78 Å². The number of carbonyl (C=O) groups excluding carboxylic acids is 2. The fraction of sp³-hybridized carbons (Fsp3) is 0.353. The van der Waals surface area contributed by atoms with Crippen LogP contribution in [-0.4, -0.2) is 83.4 Å². The molecule has 2 aliphatic heterocycles. The van der Waals surface area contributed by atoms with E-state index in [-0.39, 0.29) is 28.8 Å². The summed E-state index contributed by atoms with van der Waals surface area (Å²) in [6.07, 6.45) is 1.53. The number of oxime groups is 1. The van der Waals surface area contributed by atoms with Crippen molar-refractivity contribution in [1.29, 1.82) is 0 Å². The lowest BCUT2D eigenvalue weighted by molar-refractivity contribution is -0.150. The van der Waals surface area contributed by atoms with Gasteiger partial charge in [-0.05, 0) is 12.5 Å². The van der Waals surface area contributed by atoms with Crippen molar-refractivity contribution in [1.82, 2.24) is 30.6 Å². The molecule has 2 aliphatic rings. The monoisotopic (exact) mass is 510 g/mol. The van der Waals surface area contributed by atoms with Gasteiger partial charge in [-0.15, -0.1) is 40.0 Å². The number of β-lactam (4-membered cyclic amide) rings is 1. The van der Waals surface area contributed by atoms with E-state index in [1.807, 2.05) is 0 Å². The molecule has 1 unspecified atom stereocenters. The van der Waals surface area contributed by atoms with E-state index in [0.29, 0.717) is 22.1 Å². The Hall–Kier alpha value is -3.11. The first-order valence-electron chi connectivity index (χ1n) is 9.51. The minimum Gasteiger partial charge on any atom is -0.477 e. The third-order valence-electron chi connectivity index (χ3n) is 4.60. The Bertz CT molecular complexity index is 1130. The summed E-state index contributed by atoms with van der Waals surface area (Å²) in [6.45, 7) is 1.94. The highest BCUT2D eigenvalue weighted by molar-refractivity contribution is 8.01. The summed E-state index contributed by atoms with van der Waals surface area (Å²) < 4.78 is 0. The van der Waals surface area contributed by atoms with E-state index in [2.05, 4.69) is 30.9 Å². The Morgan fingerprint density at radius 1 is 1.52 bits per heavy atom. The quantitative estimate of drug-likeness (QED) is 0.155. The van der Waals surface area contributed by atoms with E-state index in [4.69, 9.17) is 10.6 Å². The standard InChI is InChI=1S/C17H18N8O5S3/c1-2-30-23-10(8-6-33-17(18)20-8)13(26)21-11-14(27)25-12(16(28)29)7(5-32-15(11)25)4-31-9-3-19-24-22-9/h3,6,11,15H,2,4-5H2,1H3,(H2,18,20)(H,21,26)(H,28,29)(H,19,22,24)/t11?,15-/m0/s1. The molecule has 2 amide bonds. The molecule has 0 bridgehead atoms. The molecular formula is C17H18N8O5S3. The maximum atomic E-state index is 12.9. The molecule has 2 atom stereocenters. The average molecular weight is 511 g/mol. The van der Waals surface area contributed by atoms with Gasteiger partial charge in [0.1, 0.15) is 34.4 Å². The van der Waals surface area contributed by atoms with Crippen LogP contribution < -0.4 is 11.1 Å². The van der Waals surface area contributed by atoms with Crippen molar-refractivity contribution in [2.24, 2.45) is 5.16 Å². The number of aromatic nitrogens is 4. The van der Waals surface area contributed by atoms with Crippen LogP contribution in [0.4, 0.5) is 5.13 Å². The molecule has 1 fully saturated rings. The average Bonchev–Trinajstić information content (AvgIpc) is 3.47. The SMILES string of the molecule is CCON=C(C(=O)NC1C(=O)N2C(C(=O)O)=C(CSc3cnn[nH]3)CS[C@@H]12)c1csc(N)n1. The van der Waals surface area contributed by atoms with Crippen molar-refractivity contribution in [2.45, 2.75) is 23.4 Å². The number of thiazole rings is 1. The predicted octanol–water partition coefficient (Wildman–Crippen LogP) is 0.115. The third kappa shape index (κ3) is 4.67. The van der Waals surface area contributed by atoms with Gasteiger partial charge in [0, 0.05) is 16.9 Å². The molecule has 0 spiro atoms. The number of carboxylic acids is 1. The van der Waals surface area contributed by atoms with Crippen LogP contribution in [0.1, 0.15) is 12.6 Å². The molecule has 13 nitrogen and oxygen atoms in total. The molecule has 5 N–H and O–H groups in total. The summed E-state index contributed by atoms with van der Waals surface area (Å²) in [6, 6.07) is -0.911. The second-order valence-corrected chi connectivity index (χ2v) is 9.67. The van der Waals surface area contributed by atoms with Gasteiger partial charge >= 0.3 is 5.97 Å². The first-order valence-corrected chi connectivity index (χ1v) is 12.4. The summed E-state index contributed by atoms with van der Waals surface area (Å²) in [7, 11) is 0. The lowest BCUT2D eigenvalue weighted by Crippen LogP contribution is -2.71. The normalized spacial score (nSPS) is 20.3. The molecular weight excluding hydrogens is 492 g/mol. The summed E-state index contributed by atoms with van der Waals surface area (Å²) in [5.74, 6) is -1.64. The highest BCUT2D eigenvalue weighted by atomic mass is 32.2. The second-order valence-electron chi connectivity index (χ2n) is 6.66. The fourth-order valence-corrected chi connectivity index (χ4v) is 5.98. The number of nitrogens with one attached hydrogen (secondary N) is 2. The third-order valence-corrected chi connectivity index (χ3v) is 7.61. The zero-order chi connectivity index (χ0) is 23.5. The number of hydrogen-bond donors (Lipinski definition) is 4. The number of nitrogens with two attached hydrogens (primary N) is 1. The minimum atomic E-state index is -1.20. The van der Waals surface area contributed by atoms with Gasteiger partial charge < -0.3 is 21.0 Å². The number of H-pyrrole nitrogens is 1. The van der Waals surface area contributed by atoms with Crippen LogP contribution >= 0.6 is 34.9 Å². The van der Waals surface area contributed by atoms with Crippen LogP contribution in [0.2, 0.25) is 0 Å². The number of nitrogen functional groups attached to an aromatic ring is 1. The summed E-state index contributed by atoms with van der Waals surface area (Å²) in [5.41, 5.74) is 6.29. The number of carbonyl (C=O) groups is 3. The Kier molecular flexibility index (Phi) is 6.85. The molecule has 4 heterocycles. The Labute approximate surface area is 199 Å². The highest BCUT2D eigenvalue weighted by Crippen LogP contribution is 2.41. The van der Waals surface area contributed by atoms with E-state index in [0.717, 1.165) is 11.3 Å². The number of nitrogens with zero attached hydrogens (tertiary/aromatic N) is 5. The number of amides is 2. The van der Waals surface area contributed by atoms with Crippen LogP contribution in [0.25, 0.3) is 0 Å². The number of thioether (sulfide) groups is 2. The summed E-state index contributed by atoms with van der Waals surface area (Å²) in [5, 5.41) is 28.1. The van der Waals surface area contributed by atoms with Crippen LogP contribution in [0.3, 0.4) is 0 Å². The topological polar surface area (TPSA) is 189 Å². The molecule has 0 aromatic carbocycles. The number of hydrogen-bond acceptors (Lipinski definition) is 12. The molecule has 0 radical (unpaired) electrons. The van der Waals surface area contributed by atoms with Crippen molar-refractivity contribution in [3.8, 4) is 0 Å². The minimum absolute atomic E-state index is 0.0651. The van der Waals surface area contributed by atoms with E-state index in [9.17, 15) is 19.5 Å². The highest BCUT2D eigenvalue weighted by Gasteiger charge is 2.54. The van der Waals surface area contributed by atoms with Gasteiger partial charge in [0.2, 0.25) is 0 Å². The van der Waals surface area contributed by atoms with Crippen molar-refractivity contribution < 1.29 is 24.3 Å². The van der Waals surface area contributed by atoms with Gasteiger partial charge in [-0.1, -0.05) is 10.4 Å². The first kappa shape index (κ1) is 23.1. The summed E-state index contributed by atoms with van der Waals surface area (Å²) in [4.78, 5) is 48.0.